The molecule has 0 spiro atoms. The molecule has 4 nitrogen and oxygen atoms in total. The lowest BCUT2D eigenvalue weighted by Gasteiger charge is -2.21. The highest BCUT2D eigenvalue weighted by Crippen LogP contribution is 2.28. The van der Waals surface area contributed by atoms with Crippen LogP contribution in [0, 0.1) is 12.8 Å². The number of ether oxygens (including phenoxy) is 1. The van der Waals surface area contributed by atoms with E-state index in [1.807, 2.05) is 20.9 Å². The zero-order valence-electron chi connectivity index (χ0n) is 10.5. The van der Waals surface area contributed by atoms with Gasteiger partial charge in [0.15, 0.2) is 0 Å². The second-order valence-corrected chi connectivity index (χ2v) is 5.15. The first-order chi connectivity index (χ1) is 8.00. The lowest BCUT2D eigenvalue weighted by molar-refractivity contribution is 0.0432. The minimum atomic E-state index is -0.417. The molecule has 1 aromatic rings. The summed E-state index contributed by atoms with van der Waals surface area (Å²) in [6, 6.07) is 0. The SMILES string of the molecule is Cc1nn(C)c(CC(O)C2CCOC2C)c1Cl. The van der Waals surface area contributed by atoms with Crippen LogP contribution in [-0.4, -0.2) is 33.7 Å². The molecule has 3 atom stereocenters. The molecule has 0 aliphatic carbocycles. The number of hydrogen-bond acceptors (Lipinski definition) is 3. The molecule has 3 unspecified atom stereocenters. The van der Waals surface area contributed by atoms with Crippen molar-refractivity contribution < 1.29 is 9.84 Å². The molecule has 17 heavy (non-hydrogen) atoms. The van der Waals surface area contributed by atoms with Crippen molar-refractivity contribution in [2.24, 2.45) is 13.0 Å². The number of aryl methyl sites for hydroxylation is 2. The van der Waals surface area contributed by atoms with Gasteiger partial charge in [-0.15, -0.1) is 0 Å². The van der Waals surface area contributed by atoms with Crippen molar-refractivity contribution in [1.29, 1.82) is 0 Å². The van der Waals surface area contributed by atoms with Crippen LogP contribution in [0.15, 0.2) is 0 Å². The molecule has 1 aliphatic heterocycles. The zero-order chi connectivity index (χ0) is 12.6. The second kappa shape index (κ2) is 4.96. The van der Waals surface area contributed by atoms with E-state index in [0.717, 1.165) is 24.4 Å². The molecule has 96 valence electrons. The third-order valence-electron chi connectivity index (χ3n) is 3.59. The summed E-state index contributed by atoms with van der Waals surface area (Å²) in [7, 11) is 1.86. The van der Waals surface area contributed by atoms with E-state index in [9.17, 15) is 5.11 Å². The minimum absolute atomic E-state index is 0.123. The number of aliphatic hydroxyl groups excluding tert-OH is 1. The summed E-state index contributed by atoms with van der Waals surface area (Å²) in [6.45, 7) is 4.62. The van der Waals surface area contributed by atoms with Crippen LogP contribution in [0.4, 0.5) is 0 Å². The van der Waals surface area contributed by atoms with Crippen LogP contribution in [0.5, 0.6) is 0 Å². The summed E-state index contributed by atoms with van der Waals surface area (Å²) >= 11 is 6.18. The molecule has 1 aliphatic rings. The molecule has 1 aromatic heterocycles. The molecular weight excluding hydrogens is 240 g/mol. The first-order valence-electron chi connectivity index (χ1n) is 5.98. The van der Waals surface area contributed by atoms with Gasteiger partial charge in [-0.3, -0.25) is 4.68 Å². The van der Waals surface area contributed by atoms with Crippen molar-refractivity contribution in [2.75, 3.05) is 6.61 Å². The number of hydrogen-bond donors (Lipinski definition) is 1. The number of rotatable bonds is 3. The summed E-state index contributed by atoms with van der Waals surface area (Å²) < 4.78 is 7.23. The smallest absolute Gasteiger partial charge is 0.0847 e. The quantitative estimate of drug-likeness (QED) is 0.898. The Morgan fingerprint density at radius 1 is 1.65 bits per heavy atom. The summed E-state index contributed by atoms with van der Waals surface area (Å²) in [5.41, 5.74) is 1.71. The molecule has 1 saturated heterocycles. The predicted molar refractivity (Wildman–Crippen MR) is 66.2 cm³/mol. The average Bonchev–Trinajstić information content (AvgIpc) is 2.78. The first kappa shape index (κ1) is 12.9. The van der Waals surface area contributed by atoms with Crippen LogP contribution < -0.4 is 0 Å². The van der Waals surface area contributed by atoms with E-state index in [-0.39, 0.29) is 12.0 Å². The third kappa shape index (κ3) is 2.49. The molecule has 1 N–H and O–H groups in total. The Hall–Kier alpha value is -0.580. The molecule has 2 heterocycles. The number of nitrogens with zero attached hydrogens (tertiary/aromatic N) is 2. The molecule has 5 heteroatoms. The topological polar surface area (TPSA) is 47.3 Å². The van der Waals surface area contributed by atoms with Gasteiger partial charge in [-0.2, -0.15) is 5.10 Å². The molecule has 0 radical (unpaired) electrons. The molecule has 2 rings (SSSR count). The normalized spacial score (nSPS) is 26.4. The summed E-state index contributed by atoms with van der Waals surface area (Å²) in [5, 5.41) is 15.2. The van der Waals surface area contributed by atoms with E-state index in [4.69, 9.17) is 16.3 Å². The largest absolute Gasteiger partial charge is 0.392 e. The molecule has 1 fully saturated rings. The Kier molecular flexibility index (Phi) is 3.76. The van der Waals surface area contributed by atoms with E-state index >= 15 is 0 Å². The predicted octanol–water partition coefficient (Wildman–Crippen LogP) is 1.71. The van der Waals surface area contributed by atoms with Crippen molar-refractivity contribution in [1.82, 2.24) is 9.78 Å². The highest BCUT2D eigenvalue weighted by molar-refractivity contribution is 6.31. The Labute approximate surface area is 107 Å². The Balaban J connectivity index is 2.10. The van der Waals surface area contributed by atoms with Gasteiger partial charge < -0.3 is 9.84 Å². The second-order valence-electron chi connectivity index (χ2n) is 4.77. The van der Waals surface area contributed by atoms with Crippen molar-refractivity contribution in [2.45, 2.75) is 38.9 Å². The van der Waals surface area contributed by atoms with Crippen molar-refractivity contribution in [3.8, 4) is 0 Å². The van der Waals surface area contributed by atoms with Gasteiger partial charge in [0.2, 0.25) is 0 Å². The van der Waals surface area contributed by atoms with Crippen LogP contribution in [0.25, 0.3) is 0 Å². The maximum absolute atomic E-state index is 10.3. The van der Waals surface area contributed by atoms with Gasteiger partial charge in [0, 0.05) is 26.0 Å². The van der Waals surface area contributed by atoms with E-state index in [2.05, 4.69) is 5.10 Å². The number of halogens is 1. The minimum Gasteiger partial charge on any atom is -0.392 e. The van der Waals surface area contributed by atoms with Gasteiger partial charge in [0.05, 0.1) is 28.6 Å². The molecule has 0 saturated carbocycles. The Bertz CT molecular complexity index is 405. The lowest BCUT2D eigenvalue weighted by Crippen LogP contribution is -2.29. The number of aromatic nitrogens is 2. The van der Waals surface area contributed by atoms with Crippen LogP contribution in [0.2, 0.25) is 5.02 Å². The van der Waals surface area contributed by atoms with Crippen LogP contribution in [0.3, 0.4) is 0 Å². The fraction of sp³-hybridized carbons (Fsp3) is 0.750. The Morgan fingerprint density at radius 3 is 2.82 bits per heavy atom. The average molecular weight is 259 g/mol. The lowest BCUT2D eigenvalue weighted by atomic mass is 9.93. The molecule has 0 aromatic carbocycles. The van der Waals surface area contributed by atoms with Gasteiger partial charge in [0.1, 0.15) is 0 Å². The van der Waals surface area contributed by atoms with E-state index < -0.39 is 6.10 Å². The third-order valence-corrected chi connectivity index (χ3v) is 4.08. The summed E-state index contributed by atoms with van der Waals surface area (Å²) in [5.74, 6) is 0.196. The first-order valence-corrected chi connectivity index (χ1v) is 6.36. The van der Waals surface area contributed by atoms with Gasteiger partial charge in [-0.1, -0.05) is 11.6 Å². The molecule has 0 amide bonds. The maximum atomic E-state index is 10.3. The van der Waals surface area contributed by atoms with Gasteiger partial charge in [0.25, 0.3) is 0 Å². The Morgan fingerprint density at radius 2 is 2.35 bits per heavy atom. The van der Waals surface area contributed by atoms with E-state index in [0.29, 0.717) is 11.4 Å². The van der Waals surface area contributed by atoms with Gasteiger partial charge in [-0.25, -0.2) is 0 Å². The highest BCUT2D eigenvalue weighted by atomic mass is 35.5. The summed E-state index contributed by atoms with van der Waals surface area (Å²) in [6.07, 6.45) is 1.16. The van der Waals surface area contributed by atoms with Crippen LogP contribution in [-0.2, 0) is 18.2 Å². The van der Waals surface area contributed by atoms with Crippen molar-refractivity contribution in [3.05, 3.63) is 16.4 Å². The monoisotopic (exact) mass is 258 g/mol. The zero-order valence-corrected chi connectivity index (χ0v) is 11.2. The number of aliphatic hydroxyl groups is 1. The van der Waals surface area contributed by atoms with E-state index in [1.165, 1.54) is 0 Å². The van der Waals surface area contributed by atoms with Gasteiger partial charge in [-0.05, 0) is 20.3 Å². The fourth-order valence-corrected chi connectivity index (χ4v) is 2.74. The highest BCUT2D eigenvalue weighted by Gasteiger charge is 2.31. The van der Waals surface area contributed by atoms with Crippen molar-refractivity contribution >= 4 is 11.6 Å². The molecule has 0 bridgehead atoms. The maximum Gasteiger partial charge on any atom is 0.0847 e. The van der Waals surface area contributed by atoms with Gasteiger partial charge >= 0.3 is 0 Å². The summed E-state index contributed by atoms with van der Waals surface area (Å²) in [4.78, 5) is 0. The molecular formula is C12H19ClN2O2. The fourth-order valence-electron chi connectivity index (χ4n) is 2.50. The van der Waals surface area contributed by atoms with Crippen LogP contribution >= 0.6 is 11.6 Å². The standard InChI is InChI=1S/C12H19ClN2O2/c1-7-12(13)10(15(3)14-7)6-11(16)9-4-5-17-8(9)2/h8-9,11,16H,4-6H2,1-3H3. The van der Waals surface area contributed by atoms with Crippen LogP contribution in [0.1, 0.15) is 24.7 Å². The van der Waals surface area contributed by atoms with E-state index in [1.54, 1.807) is 4.68 Å². The van der Waals surface area contributed by atoms with Crippen molar-refractivity contribution in [3.63, 3.8) is 0 Å².